The average molecular weight is 427 g/mol. The fourth-order valence-corrected chi connectivity index (χ4v) is 3.65. The first kappa shape index (κ1) is 19.6. The number of amides is 1. The van der Waals surface area contributed by atoms with Crippen LogP contribution in [0.5, 0.6) is 5.75 Å². The van der Waals surface area contributed by atoms with Crippen molar-refractivity contribution in [3.8, 4) is 11.4 Å². The second kappa shape index (κ2) is 7.73. The van der Waals surface area contributed by atoms with Crippen molar-refractivity contribution in [3.05, 3.63) is 83.0 Å². The molecule has 0 aliphatic rings. The summed E-state index contributed by atoms with van der Waals surface area (Å²) in [4.78, 5) is 35.8. The lowest BCUT2D eigenvalue weighted by molar-refractivity contribution is 0.102. The van der Waals surface area contributed by atoms with E-state index in [9.17, 15) is 9.59 Å². The number of hydrogen-bond donors (Lipinski definition) is 3. The fourth-order valence-electron chi connectivity index (χ4n) is 3.65. The molecular formula is C24H21N5O3. The molecule has 32 heavy (non-hydrogen) atoms. The molecule has 0 spiro atoms. The Morgan fingerprint density at radius 2 is 1.88 bits per heavy atom. The maximum absolute atomic E-state index is 12.9. The maximum atomic E-state index is 12.9. The number of aromatic nitrogens is 4. The Kier molecular flexibility index (Phi) is 4.74. The molecule has 0 atom stereocenters. The number of H-pyrrole nitrogens is 2. The molecule has 0 fully saturated rings. The number of anilines is 1. The monoisotopic (exact) mass is 427 g/mol. The summed E-state index contributed by atoms with van der Waals surface area (Å²) in [6, 6.07) is 17.6. The molecule has 2 aromatic carbocycles. The molecule has 8 heteroatoms. The molecular weight excluding hydrogens is 406 g/mol. The summed E-state index contributed by atoms with van der Waals surface area (Å²) in [6.45, 7) is 3.91. The van der Waals surface area contributed by atoms with E-state index in [1.807, 2.05) is 50.2 Å². The van der Waals surface area contributed by atoms with Gasteiger partial charge in [-0.1, -0.05) is 0 Å². The quantitative estimate of drug-likeness (QED) is 0.390. The zero-order valence-electron chi connectivity index (χ0n) is 17.5. The lowest BCUT2D eigenvalue weighted by Crippen LogP contribution is -2.17. The molecule has 5 rings (SSSR count). The van der Waals surface area contributed by atoms with E-state index < -0.39 is 0 Å². The van der Waals surface area contributed by atoms with Crippen molar-refractivity contribution >= 4 is 33.7 Å². The second-order valence-corrected chi connectivity index (χ2v) is 7.74. The number of nitrogens with one attached hydrogen (secondary N) is 3. The number of rotatable bonds is 5. The van der Waals surface area contributed by atoms with Crippen LogP contribution in [0.4, 0.5) is 5.69 Å². The Morgan fingerprint density at radius 1 is 1.06 bits per heavy atom. The average Bonchev–Trinajstić information content (AvgIpc) is 3.40. The molecule has 0 bridgehead atoms. The molecule has 0 unspecified atom stereocenters. The molecule has 0 aliphatic heterocycles. The van der Waals surface area contributed by atoms with Crippen molar-refractivity contribution < 1.29 is 9.53 Å². The SMILES string of the molecule is CC(C)Oc1ccc(-n2c(=O)ccc3cc(C(=O)Nc4ccc5nc[nH]c5c4)[nH]c32)cc1. The second-order valence-electron chi connectivity index (χ2n) is 7.74. The lowest BCUT2D eigenvalue weighted by Gasteiger charge is -2.11. The summed E-state index contributed by atoms with van der Waals surface area (Å²) in [5, 5.41) is 3.63. The van der Waals surface area contributed by atoms with Crippen LogP contribution in [0.15, 0.2) is 71.8 Å². The van der Waals surface area contributed by atoms with Gasteiger partial charge in [0.25, 0.3) is 11.5 Å². The molecule has 0 aliphatic carbocycles. The van der Waals surface area contributed by atoms with Crippen LogP contribution >= 0.6 is 0 Å². The molecule has 0 saturated heterocycles. The standard InChI is InChI=1S/C24H21N5O3/c1-14(2)32-18-7-5-17(6-8-18)29-22(30)10-3-15-11-21(28-23(15)29)24(31)27-16-4-9-19-20(12-16)26-13-25-19/h3-14,28H,1-2H3,(H,25,26)(H,27,31). The molecule has 3 N–H and O–H groups in total. The van der Waals surface area contributed by atoms with Crippen molar-refractivity contribution in [1.82, 2.24) is 19.5 Å². The number of pyridine rings is 1. The summed E-state index contributed by atoms with van der Waals surface area (Å²) in [5.41, 5.74) is 3.67. The third kappa shape index (κ3) is 3.62. The van der Waals surface area contributed by atoms with Gasteiger partial charge in [-0.2, -0.15) is 0 Å². The molecule has 3 heterocycles. The van der Waals surface area contributed by atoms with Crippen LogP contribution in [0.25, 0.3) is 27.8 Å². The number of imidazole rings is 1. The number of hydrogen-bond acceptors (Lipinski definition) is 4. The third-order valence-electron chi connectivity index (χ3n) is 5.07. The summed E-state index contributed by atoms with van der Waals surface area (Å²) in [7, 11) is 0. The van der Waals surface area contributed by atoms with Crippen molar-refractivity contribution in [2.75, 3.05) is 5.32 Å². The number of fused-ring (bicyclic) bond motifs is 2. The minimum atomic E-state index is -0.306. The minimum absolute atomic E-state index is 0.0606. The Labute approximate surface area is 182 Å². The summed E-state index contributed by atoms with van der Waals surface area (Å²) in [5.74, 6) is 0.421. The van der Waals surface area contributed by atoms with Crippen LogP contribution in [-0.4, -0.2) is 31.5 Å². The van der Waals surface area contributed by atoms with Crippen molar-refractivity contribution in [2.24, 2.45) is 0 Å². The summed E-state index contributed by atoms with van der Waals surface area (Å²) >= 11 is 0. The zero-order chi connectivity index (χ0) is 22.2. The van der Waals surface area contributed by atoms with Gasteiger partial charge in [-0.3, -0.25) is 14.2 Å². The van der Waals surface area contributed by atoms with Gasteiger partial charge < -0.3 is 20.0 Å². The van der Waals surface area contributed by atoms with E-state index in [1.54, 1.807) is 29.1 Å². The Morgan fingerprint density at radius 3 is 2.66 bits per heavy atom. The number of ether oxygens (including phenoxy) is 1. The lowest BCUT2D eigenvalue weighted by atomic mass is 10.2. The summed E-state index contributed by atoms with van der Waals surface area (Å²) < 4.78 is 7.23. The van der Waals surface area contributed by atoms with Crippen LogP contribution in [-0.2, 0) is 0 Å². The van der Waals surface area contributed by atoms with E-state index in [1.165, 1.54) is 6.07 Å². The van der Waals surface area contributed by atoms with Crippen LogP contribution in [0.1, 0.15) is 24.3 Å². The first-order chi connectivity index (χ1) is 15.5. The van der Waals surface area contributed by atoms with E-state index in [2.05, 4.69) is 20.3 Å². The van der Waals surface area contributed by atoms with Gasteiger partial charge in [0.05, 0.1) is 29.2 Å². The molecule has 5 aromatic rings. The predicted molar refractivity (Wildman–Crippen MR) is 124 cm³/mol. The largest absolute Gasteiger partial charge is 0.491 e. The van der Waals surface area contributed by atoms with E-state index in [0.29, 0.717) is 22.7 Å². The van der Waals surface area contributed by atoms with Gasteiger partial charge in [0.2, 0.25) is 0 Å². The van der Waals surface area contributed by atoms with Gasteiger partial charge in [0.15, 0.2) is 0 Å². The normalized spacial score (nSPS) is 11.3. The molecule has 1 amide bonds. The number of aromatic amines is 2. The molecule has 0 saturated carbocycles. The van der Waals surface area contributed by atoms with Gasteiger partial charge >= 0.3 is 0 Å². The number of nitrogens with zero attached hydrogens (tertiary/aromatic N) is 2. The molecule has 8 nitrogen and oxygen atoms in total. The predicted octanol–water partition coefficient (Wildman–Crippen LogP) is 4.23. The highest BCUT2D eigenvalue weighted by atomic mass is 16.5. The van der Waals surface area contributed by atoms with Gasteiger partial charge in [-0.25, -0.2) is 4.98 Å². The maximum Gasteiger partial charge on any atom is 0.272 e. The number of carbonyl (C=O) groups excluding carboxylic acids is 1. The first-order valence-electron chi connectivity index (χ1n) is 10.2. The minimum Gasteiger partial charge on any atom is -0.491 e. The number of carbonyl (C=O) groups is 1. The van der Waals surface area contributed by atoms with Gasteiger partial charge in [0.1, 0.15) is 17.1 Å². The number of benzene rings is 2. The van der Waals surface area contributed by atoms with Crippen molar-refractivity contribution in [3.63, 3.8) is 0 Å². The highest BCUT2D eigenvalue weighted by molar-refractivity contribution is 6.06. The third-order valence-corrected chi connectivity index (χ3v) is 5.07. The van der Waals surface area contributed by atoms with Gasteiger partial charge in [-0.15, -0.1) is 0 Å². The highest BCUT2D eigenvalue weighted by Crippen LogP contribution is 2.22. The smallest absolute Gasteiger partial charge is 0.272 e. The Hall–Kier alpha value is -4.33. The van der Waals surface area contributed by atoms with E-state index in [-0.39, 0.29) is 17.6 Å². The molecule has 160 valence electrons. The topological polar surface area (TPSA) is 105 Å². The van der Waals surface area contributed by atoms with Crippen LogP contribution in [0.2, 0.25) is 0 Å². The van der Waals surface area contributed by atoms with Gasteiger partial charge in [0, 0.05) is 17.1 Å². The van der Waals surface area contributed by atoms with E-state index >= 15 is 0 Å². The molecule has 3 aromatic heterocycles. The fraction of sp³-hybridized carbons (Fsp3) is 0.125. The Bertz CT molecular complexity index is 1490. The van der Waals surface area contributed by atoms with E-state index in [0.717, 1.165) is 22.2 Å². The van der Waals surface area contributed by atoms with Crippen LogP contribution in [0, 0.1) is 0 Å². The highest BCUT2D eigenvalue weighted by Gasteiger charge is 2.14. The first-order valence-corrected chi connectivity index (χ1v) is 10.2. The van der Waals surface area contributed by atoms with Crippen molar-refractivity contribution in [1.29, 1.82) is 0 Å². The summed E-state index contributed by atoms with van der Waals surface area (Å²) in [6.07, 6.45) is 1.67. The van der Waals surface area contributed by atoms with Crippen LogP contribution in [0.3, 0.4) is 0 Å². The zero-order valence-corrected chi connectivity index (χ0v) is 17.5. The van der Waals surface area contributed by atoms with Crippen LogP contribution < -0.4 is 15.6 Å². The molecule has 0 radical (unpaired) electrons. The van der Waals surface area contributed by atoms with Crippen molar-refractivity contribution in [2.45, 2.75) is 20.0 Å². The Balaban J connectivity index is 1.48. The van der Waals surface area contributed by atoms with E-state index in [4.69, 9.17) is 4.74 Å². The van der Waals surface area contributed by atoms with Gasteiger partial charge in [-0.05, 0) is 68.4 Å².